The fourth-order valence-electron chi connectivity index (χ4n) is 4.10. The molecule has 1 saturated heterocycles. The van der Waals surface area contributed by atoms with Crippen LogP contribution in [0, 0.1) is 0 Å². The van der Waals surface area contributed by atoms with Gasteiger partial charge in [0.2, 0.25) is 11.8 Å². The molecule has 1 amide bonds. The van der Waals surface area contributed by atoms with Gasteiger partial charge in [-0.3, -0.25) is 9.48 Å². The first kappa shape index (κ1) is 18.1. The van der Waals surface area contributed by atoms with Crippen LogP contribution in [0.1, 0.15) is 68.4 Å². The number of halogens is 1. The molecule has 0 bridgehead atoms. The normalized spacial score (nSPS) is 26.6. The second kappa shape index (κ2) is 7.01. The Balaban J connectivity index is 1.32. The molecule has 2 fully saturated rings. The van der Waals surface area contributed by atoms with Crippen molar-refractivity contribution in [2.24, 2.45) is 7.05 Å². The van der Waals surface area contributed by atoms with Gasteiger partial charge in [0.05, 0.1) is 6.42 Å². The van der Waals surface area contributed by atoms with Gasteiger partial charge in [0.15, 0.2) is 5.82 Å². The van der Waals surface area contributed by atoms with E-state index in [-0.39, 0.29) is 24.2 Å². The molecule has 2 aromatic heterocycles. The molecule has 3 heterocycles. The van der Waals surface area contributed by atoms with E-state index in [1.54, 1.807) is 18.7 Å². The summed E-state index contributed by atoms with van der Waals surface area (Å²) in [5.74, 6) is 2.18. The molecule has 8 nitrogen and oxygen atoms in total. The lowest BCUT2D eigenvalue weighted by atomic mass is 9.96. The minimum absolute atomic E-state index is 0.0468. The van der Waals surface area contributed by atoms with Crippen molar-refractivity contribution in [2.75, 3.05) is 13.1 Å². The van der Waals surface area contributed by atoms with Gasteiger partial charge < -0.3 is 9.42 Å². The molecular weight excluding hydrogens is 351 g/mol. The van der Waals surface area contributed by atoms with Gasteiger partial charge in [0, 0.05) is 32.0 Å². The number of likely N-dealkylation sites (tertiary alicyclic amines) is 1. The van der Waals surface area contributed by atoms with Gasteiger partial charge in [-0.1, -0.05) is 5.16 Å². The maximum absolute atomic E-state index is 14.1. The van der Waals surface area contributed by atoms with Gasteiger partial charge in [-0.25, -0.2) is 9.37 Å². The average Bonchev–Trinajstić information content (AvgIpc) is 3.36. The molecule has 146 valence electrons. The summed E-state index contributed by atoms with van der Waals surface area (Å²) in [5.41, 5.74) is -1.13. The van der Waals surface area contributed by atoms with Gasteiger partial charge in [0.25, 0.3) is 0 Å². The second-order valence-electron chi connectivity index (χ2n) is 7.98. The first-order chi connectivity index (χ1) is 12.9. The van der Waals surface area contributed by atoms with Crippen LogP contribution in [0.2, 0.25) is 0 Å². The summed E-state index contributed by atoms with van der Waals surface area (Å²) in [7, 11) is 1.78. The molecular formula is C18H25FN6O2. The van der Waals surface area contributed by atoms with Crippen molar-refractivity contribution in [2.45, 2.75) is 63.0 Å². The Morgan fingerprint density at radius 3 is 2.74 bits per heavy atom. The largest absolute Gasteiger partial charge is 0.342 e. The first-order valence-electron chi connectivity index (χ1n) is 9.54. The van der Waals surface area contributed by atoms with E-state index in [9.17, 15) is 9.18 Å². The van der Waals surface area contributed by atoms with Crippen LogP contribution >= 0.6 is 0 Å². The van der Waals surface area contributed by atoms with Crippen molar-refractivity contribution in [1.82, 2.24) is 29.8 Å². The molecule has 2 atom stereocenters. The second-order valence-corrected chi connectivity index (χ2v) is 7.98. The lowest BCUT2D eigenvalue weighted by molar-refractivity contribution is -0.131. The van der Waals surface area contributed by atoms with Crippen LogP contribution in [0.4, 0.5) is 4.39 Å². The molecule has 0 spiro atoms. The zero-order valence-corrected chi connectivity index (χ0v) is 15.8. The number of hydrogen-bond acceptors (Lipinski definition) is 6. The predicted octanol–water partition coefficient (Wildman–Crippen LogP) is 2.14. The molecule has 9 heteroatoms. The number of aryl methyl sites for hydroxylation is 1. The van der Waals surface area contributed by atoms with Crippen molar-refractivity contribution in [3.05, 3.63) is 23.9 Å². The monoisotopic (exact) mass is 376 g/mol. The molecule has 0 radical (unpaired) electrons. The highest BCUT2D eigenvalue weighted by Gasteiger charge is 2.38. The van der Waals surface area contributed by atoms with Gasteiger partial charge in [-0.05, 0) is 39.0 Å². The quantitative estimate of drug-likeness (QED) is 0.812. The van der Waals surface area contributed by atoms with E-state index in [1.807, 2.05) is 4.90 Å². The topological polar surface area (TPSA) is 89.9 Å². The molecule has 2 aliphatic rings. The van der Waals surface area contributed by atoms with E-state index in [0.29, 0.717) is 43.5 Å². The highest BCUT2D eigenvalue weighted by Crippen LogP contribution is 2.42. The van der Waals surface area contributed by atoms with Crippen molar-refractivity contribution in [3.63, 3.8) is 0 Å². The fraction of sp³-hybridized carbons (Fsp3) is 0.722. The van der Waals surface area contributed by atoms with E-state index in [0.717, 1.165) is 19.3 Å². The Morgan fingerprint density at radius 1 is 1.33 bits per heavy atom. The third kappa shape index (κ3) is 3.86. The zero-order chi connectivity index (χ0) is 19.0. The highest BCUT2D eigenvalue weighted by atomic mass is 19.1. The summed E-state index contributed by atoms with van der Waals surface area (Å²) in [6.45, 7) is 2.96. The van der Waals surface area contributed by atoms with Crippen LogP contribution < -0.4 is 0 Å². The molecule has 4 rings (SSSR count). The lowest BCUT2D eigenvalue weighted by Crippen LogP contribution is -2.39. The van der Waals surface area contributed by atoms with E-state index in [1.165, 1.54) is 6.33 Å². The van der Waals surface area contributed by atoms with Crippen molar-refractivity contribution < 1.29 is 13.7 Å². The summed E-state index contributed by atoms with van der Waals surface area (Å²) in [6.07, 6.45) is 5.07. The fourth-order valence-corrected chi connectivity index (χ4v) is 4.10. The minimum Gasteiger partial charge on any atom is -0.342 e. The van der Waals surface area contributed by atoms with Crippen molar-refractivity contribution in [1.29, 1.82) is 0 Å². The summed E-state index contributed by atoms with van der Waals surface area (Å²) < 4.78 is 21.1. The molecule has 0 unspecified atom stereocenters. The Bertz CT molecular complexity index is 808. The maximum Gasteiger partial charge on any atom is 0.230 e. The molecule has 1 saturated carbocycles. The van der Waals surface area contributed by atoms with E-state index < -0.39 is 5.67 Å². The summed E-state index contributed by atoms with van der Waals surface area (Å²) >= 11 is 0. The molecule has 27 heavy (non-hydrogen) atoms. The van der Waals surface area contributed by atoms with E-state index >= 15 is 0 Å². The van der Waals surface area contributed by atoms with Crippen LogP contribution in [-0.4, -0.2) is 54.5 Å². The Morgan fingerprint density at radius 2 is 2.11 bits per heavy atom. The number of amides is 1. The summed E-state index contributed by atoms with van der Waals surface area (Å²) in [5, 5.41) is 8.10. The average molecular weight is 376 g/mol. The standard InChI is InChI=1S/C18H25FN6O2/c1-18(19)6-3-13(10-18)16-22-17(27-23-16)12-4-7-25(8-5-12)15(26)9-14-20-11-21-24(14)2/h11-13H,3-10H2,1-2H3/t13-,18-/m1/s1. The minimum atomic E-state index is -1.13. The van der Waals surface area contributed by atoms with Crippen LogP contribution in [0.3, 0.4) is 0 Å². The van der Waals surface area contributed by atoms with Gasteiger partial charge >= 0.3 is 0 Å². The SMILES string of the molecule is Cn1ncnc1CC(=O)N1CCC(c2nc([C@@H]3CC[C@@](C)(F)C3)no2)CC1. The van der Waals surface area contributed by atoms with Crippen molar-refractivity contribution in [3.8, 4) is 0 Å². The smallest absolute Gasteiger partial charge is 0.230 e. The Kier molecular flexibility index (Phi) is 4.69. The summed E-state index contributed by atoms with van der Waals surface area (Å²) in [4.78, 5) is 23.0. The van der Waals surface area contributed by atoms with E-state index in [2.05, 4.69) is 20.2 Å². The Hall–Kier alpha value is -2.32. The molecule has 0 N–H and O–H groups in total. The van der Waals surface area contributed by atoms with Crippen LogP contribution in [0.25, 0.3) is 0 Å². The van der Waals surface area contributed by atoms with Gasteiger partial charge in [0.1, 0.15) is 17.8 Å². The van der Waals surface area contributed by atoms with Gasteiger partial charge in [-0.15, -0.1) is 0 Å². The number of nitrogens with zero attached hydrogens (tertiary/aromatic N) is 6. The number of aromatic nitrogens is 5. The third-order valence-corrected chi connectivity index (χ3v) is 5.82. The number of hydrogen-bond donors (Lipinski definition) is 0. The molecule has 1 aliphatic heterocycles. The number of piperidine rings is 1. The molecule has 1 aliphatic carbocycles. The highest BCUT2D eigenvalue weighted by molar-refractivity contribution is 5.78. The number of alkyl halides is 1. The Labute approximate surface area is 157 Å². The number of rotatable bonds is 4. The number of carbonyl (C=O) groups is 1. The van der Waals surface area contributed by atoms with Crippen molar-refractivity contribution >= 4 is 5.91 Å². The van der Waals surface area contributed by atoms with Crippen LogP contribution in [0.15, 0.2) is 10.9 Å². The lowest BCUT2D eigenvalue weighted by Gasteiger charge is -2.30. The molecule has 2 aromatic rings. The van der Waals surface area contributed by atoms with Gasteiger partial charge in [-0.2, -0.15) is 10.1 Å². The van der Waals surface area contributed by atoms with E-state index in [4.69, 9.17) is 4.52 Å². The van der Waals surface area contributed by atoms with Crippen LogP contribution in [0.5, 0.6) is 0 Å². The maximum atomic E-state index is 14.1. The molecule has 0 aromatic carbocycles. The van der Waals surface area contributed by atoms with Crippen LogP contribution in [-0.2, 0) is 18.3 Å². The third-order valence-electron chi connectivity index (χ3n) is 5.82. The summed E-state index contributed by atoms with van der Waals surface area (Å²) in [6, 6.07) is 0. The predicted molar refractivity (Wildman–Crippen MR) is 93.7 cm³/mol. The zero-order valence-electron chi connectivity index (χ0n) is 15.8. The number of carbonyl (C=O) groups excluding carboxylic acids is 1. The first-order valence-corrected chi connectivity index (χ1v) is 9.54.